The van der Waals surface area contributed by atoms with Crippen LogP contribution in [0.1, 0.15) is 6.42 Å². The van der Waals surface area contributed by atoms with Gasteiger partial charge >= 0.3 is 0 Å². The number of nitrogens with two attached hydrogens (primary N) is 2. The molecule has 4 N–H and O–H groups in total. The third kappa shape index (κ3) is 3.40. The van der Waals surface area contributed by atoms with Gasteiger partial charge in [-0.15, -0.1) is 0 Å². The second kappa shape index (κ2) is 5.29. The Labute approximate surface area is 78.0 Å². The highest BCUT2D eigenvalue weighted by Gasteiger charge is 2.19. The summed E-state index contributed by atoms with van der Waals surface area (Å²) in [5.74, 6) is 0. The maximum atomic E-state index is 10.3. The van der Waals surface area contributed by atoms with Crippen molar-refractivity contribution in [2.24, 2.45) is 11.5 Å². The molecule has 2 atom stereocenters. The van der Waals surface area contributed by atoms with E-state index in [9.17, 15) is 4.79 Å². The van der Waals surface area contributed by atoms with Gasteiger partial charge in [0.2, 0.25) is 0 Å². The third-order valence-electron chi connectivity index (χ3n) is 2.20. The van der Waals surface area contributed by atoms with Crippen molar-refractivity contribution in [1.82, 2.24) is 4.90 Å². The molecule has 1 fully saturated rings. The van der Waals surface area contributed by atoms with Crippen molar-refractivity contribution in [2.75, 3.05) is 26.3 Å². The van der Waals surface area contributed by atoms with Gasteiger partial charge in [0, 0.05) is 13.1 Å². The van der Waals surface area contributed by atoms with E-state index in [-0.39, 0.29) is 6.17 Å². The van der Waals surface area contributed by atoms with Gasteiger partial charge in [-0.3, -0.25) is 4.90 Å². The average molecular weight is 187 g/mol. The standard InChI is InChI=1S/C8H17N3O2/c9-7(6-12)5-8(10)11-1-3-13-4-2-11/h6-8H,1-5,9-10H2. The molecule has 5 nitrogen and oxygen atoms in total. The molecule has 0 saturated carbocycles. The Bertz CT molecular complexity index is 159. The zero-order valence-corrected chi connectivity index (χ0v) is 7.69. The van der Waals surface area contributed by atoms with Crippen LogP contribution in [0.3, 0.4) is 0 Å². The summed E-state index contributed by atoms with van der Waals surface area (Å²) in [6, 6.07) is -0.446. The van der Waals surface area contributed by atoms with Gasteiger partial charge in [0.1, 0.15) is 6.29 Å². The molecule has 1 saturated heterocycles. The topological polar surface area (TPSA) is 81.6 Å². The summed E-state index contributed by atoms with van der Waals surface area (Å²) in [4.78, 5) is 12.4. The zero-order valence-electron chi connectivity index (χ0n) is 7.69. The highest BCUT2D eigenvalue weighted by Crippen LogP contribution is 2.03. The minimum Gasteiger partial charge on any atom is -0.379 e. The van der Waals surface area contributed by atoms with E-state index in [2.05, 4.69) is 4.90 Å². The zero-order chi connectivity index (χ0) is 9.68. The van der Waals surface area contributed by atoms with Gasteiger partial charge in [0.05, 0.1) is 25.4 Å². The van der Waals surface area contributed by atoms with Crippen LogP contribution in [0.25, 0.3) is 0 Å². The Kier molecular flexibility index (Phi) is 4.31. The van der Waals surface area contributed by atoms with E-state index in [4.69, 9.17) is 16.2 Å². The molecular formula is C8H17N3O2. The number of nitrogens with zero attached hydrogens (tertiary/aromatic N) is 1. The first kappa shape index (κ1) is 10.6. The molecule has 5 heteroatoms. The number of carbonyl (C=O) groups is 1. The Morgan fingerprint density at radius 3 is 2.54 bits per heavy atom. The molecule has 1 aliphatic heterocycles. The number of rotatable bonds is 4. The van der Waals surface area contributed by atoms with Crippen LogP contribution in [0.5, 0.6) is 0 Å². The van der Waals surface area contributed by atoms with Gasteiger partial charge in [-0.2, -0.15) is 0 Å². The van der Waals surface area contributed by atoms with Gasteiger partial charge in [-0.05, 0) is 6.42 Å². The maximum Gasteiger partial charge on any atom is 0.136 e. The first-order valence-electron chi connectivity index (χ1n) is 4.52. The monoisotopic (exact) mass is 187 g/mol. The van der Waals surface area contributed by atoms with Crippen LogP contribution in [-0.4, -0.2) is 49.7 Å². The van der Waals surface area contributed by atoms with E-state index in [1.165, 1.54) is 0 Å². The Morgan fingerprint density at radius 2 is 2.00 bits per heavy atom. The fourth-order valence-corrected chi connectivity index (χ4v) is 1.39. The number of ether oxygens (including phenoxy) is 1. The van der Waals surface area contributed by atoms with Crippen LogP contribution in [0.15, 0.2) is 0 Å². The molecule has 0 aromatic rings. The lowest BCUT2D eigenvalue weighted by atomic mass is 10.2. The Hall–Kier alpha value is -0.490. The summed E-state index contributed by atoms with van der Waals surface area (Å²) in [5, 5.41) is 0. The molecule has 0 bridgehead atoms. The predicted octanol–water partition coefficient (Wildman–Crippen LogP) is -1.48. The smallest absolute Gasteiger partial charge is 0.136 e. The Balaban J connectivity index is 2.28. The summed E-state index contributed by atoms with van der Waals surface area (Å²) in [6.45, 7) is 3.08. The lowest BCUT2D eigenvalue weighted by Crippen LogP contribution is -2.50. The maximum absolute atomic E-state index is 10.3. The molecule has 1 rings (SSSR count). The molecule has 1 aliphatic rings. The van der Waals surface area contributed by atoms with Crippen LogP contribution in [0.2, 0.25) is 0 Å². The van der Waals surface area contributed by atoms with E-state index in [1.54, 1.807) is 0 Å². The van der Waals surface area contributed by atoms with Crippen LogP contribution in [0, 0.1) is 0 Å². The molecule has 1 heterocycles. The highest BCUT2D eigenvalue weighted by molar-refractivity contribution is 5.56. The number of aldehydes is 1. The third-order valence-corrected chi connectivity index (χ3v) is 2.20. The van der Waals surface area contributed by atoms with Gasteiger partial charge in [-0.1, -0.05) is 0 Å². The molecule has 0 radical (unpaired) electrons. The van der Waals surface area contributed by atoms with Crippen molar-refractivity contribution in [3.63, 3.8) is 0 Å². The second-order valence-corrected chi connectivity index (χ2v) is 3.25. The number of carbonyl (C=O) groups excluding carboxylic acids is 1. The SMILES string of the molecule is NC(C=O)CC(N)N1CCOCC1. The van der Waals surface area contributed by atoms with E-state index in [0.29, 0.717) is 19.6 Å². The first-order valence-corrected chi connectivity index (χ1v) is 4.52. The lowest BCUT2D eigenvalue weighted by molar-refractivity contribution is -0.109. The molecule has 2 unspecified atom stereocenters. The van der Waals surface area contributed by atoms with Gasteiger partial charge in [-0.25, -0.2) is 0 Å². The van der Waals surface area contributed by atoms with Crippen molar-refractivity contribution in [2.45, 2.75) is 18.6 Å². The second-order valence-electron chi connectivity index (χ2n) is 3.25. The van der Waals surface area contributed by atoms with Gasteiger partial charge < -0.3 is 21.0 Å². The quantitative estimate of drug-likeness (QED) is 0.525. The van der Waals surface area contributed by atoms with Crippen molar-refractivity contribution in [3.8, 4) is 0 Å². The molecule has 0 spiro atoms. The minimum atomic E-state index is -0.446. The first-order chi connectivity index (χ1) is 6.24. The molecule has 0 amide bonds. The highest BCUT2D eigenvalue weighted by atomic mass is 16.5. The van der Waals surface area contributed by atoms with E-state index >= 15 is 0 Å². The molecule has 76 valence electrons. The van der Waals surface area contributed by atoms with Crippen LogP contribution in [0.4, 0.5) is 0 Å². The van der Waals surface area contributed by atoms with Crippen LogP contribution < -0.4 is 11.5 Å². The van der Waals surface area contributed by atoms with Crippen molar-refractivity contribution in [3.05, 3.63) is 0 Å². The molecular weight excluding hydrogens is 170 g/mol. The van der Waals surface area contributed by atoms with Crippen LogP contribution >= 0.6 is 0 Å². The van der Waals surface area contributed by atoms with Crippen molar-refractivity contribution >= 4 is 6.29 Å². The predicted molar refractivity (Wildman–Crippen MR) is 49.0 cm³/mol. The minimum absolute atomic E-state index is 0.121. The van der Waals surface area contributed by atoms with E-state index in [1.807, 2.05) is 0 Å². The lowest BCUT2D eigenvalue weighted by Gasteiger charge is -2.32. The Morgan fingerprint density at radius 1 is 1.38 bits per heavy atom. The number of hydrogen-bond acceptors (Lipinski definition) is 5. The molecule has 0 aliphatic carbocycles. The summed E-state index contributed by atoms with van der Waals surface area (Å²) in [5.41, 5.74) is 11.3. The summed E-state index contributed by atoms with van der Waals surface area (Å²) < 4.78 is 5.18. The number of hydrogen-bond donors (Lipinski definition) is 2. The molecule has 0 aromatic heterocycles. The largest absolute Gasteiger partial charge is 0.379 e. The fourth-order valence-electron chi connectivity index (χ4n) is 1.39. The average Bonchev–Trinajstić information content (AvgIpc) is 2.19. The van der Waals surface area contributed by atoms with Gasteiger partial charge in [0.25, 0.3) is 0 Å². The van der Waals surface area contributed by atoms with Crippen molar-refractivity contribution < 1.29 is 9.53 Å². The molecule has 13 heavy (non-hydrogen) atoms. The molecule has 0 aromatic carbocycles. The number of morpholine rings is 1. The summed E-state index contributed by atoms with van der Waals surface area (Å²) >= 11 is 0. The normalized spacial score (nSPS) is 23.8. The van der Waals surface area contributed by atoms with E-state index < -0.39 is 6.04 Å². The van der Waals surface area contributed by atoms with Crippen molar-refractivity contribution in [1.29, 1.82) is 0 Å². The van der Waals surface area contributed by atoms with E-state index in [0.717, 1.165) is 19.4 Å². The van der Waals surface area contributed by atoms with Crippen LogP contribution in [-0.2, 0) is 9.53 Å². The summed E-state index contributed by atoms with van der Waals surface area (Å²) in [7, 11) is 0. The fraction of sp³-hybridized carbons (Fsp3) is 0.875. The van der Waals surface area contributed by atoms with Gasteiger partial charge in [0.15, 0.2) is 0 Å². The summed E-state index contributed by atoms with van der Waals surface area (Å²) in [6.07, 6.45) is 1.13.